The summed E-state index contributed by atoms with van der Waals surface area (Å²) >= 11 is 0. The van der Waals surface area contributed by atoms with Crippen LogP contribution in [0.25, 0.3) is 0 Å². The Kier molecular flexibility index (Phi) is 8.36. The average Bonchev–Trinajstić information content (AvgIpc) is 2.55. The minimum Gasteiger partial charge on any atom is -0.482 e. The molecule has 0 atom stereocenters. The van der Waals surface area contributed by atoms with Crippen molar-refractivity contribution in [2.24, 2.45) is 5.10 Å². The summed E-state index contributed by atoms with van der Waals surface area (Å²) in [7, 11) is 0. The largest absolute Gasteiger partial charge is 0.482 e. The number of nitriles is 1. The summed E-state index contributed by atoms with van der Waals surface area (Å²) in [4.78, 5) is 11.7. The second-order valence-corrected chi connectivity index (χ2v) is 5.09. The predicted molar refractivity (Wildman–Crippen MR) is 86.7 cm³/mol. The number of hydrazone groups is 1. The van der Waals surface area contributed by atoms with E-state index in [0.717, 1.165) is 18.6 Å². The molecule has 0 radical (unpaired) electrons. The van der Waals surface area contributed by atoms with Crippen molar-refractivity contribution in [2.45, 2.75) is 46.0 Å². The number of hydrogen-bond donors (Lipinski definition) is 1. The SMILES string of the molecule is CCCCCC/C(C)=N/NC(=O)COc1ccccc1C#N. The lowest BCUT2D eigenvalue weighted by Gasteiger charge is -2.07. The van der Waals surface area contributed by atoms with Crippen LogP contribution in [0, 0.1) is 11.3 Å². The number of amides is 1. The highest BCUT2D eigenvalue weighted by atomic mass is 16.5. The Labute approximate surface area is 132 Å². The van der Waals surface area contributed by atoms with E-state index in [9.17, 15) is 4.79 Å². The summed E-state index contributed by atoms with van der Waals surface area (Å²) in [5, 5.41) is 13.0. The fourth-order valence-corrected chi connectivity index (χ4v) is 1.88. The van der Waals surface area contributed by atoms with Gasteiger partial charge < -0.3 is 4.74 Å². The summed E-state index contributed by atoms with van der Waals surface area (Å²) in [5.74, 6) is 0.0704. The minimum absolute atomic E-state index is 0.161. The Morgan fingerprint density at radius 1 is 1.32 bits per heavy atom. The van der Waals surface area contributed by atoms with Crippen molar-refractivity contribution in [2.75, 3.05) is 6.61 Å². The molecule has 0 saturated heterocycles. The van der Waals surface area contributed by atoms with Crippen LogP contribution in [0.5, 0.6) is 5.75 Å². The quantitative estimate of drug-likeness (QED) is 0.431. The van der Waals surface area contributed by atoms with Gasteiger partial charge in [-0.25, -0.2) is 5.43 Å². The van der Waals surface area contributed by atoms with Crippen LogP contribution in [0.15, 0.2) is 29.4 Å². The molecule has 1 aromatic carbocycles. The highest BCUT2D eigenvalue weighted by molar-refractivity contribution is 5.84. The highest BCUT2D eigenvalue weighted by Crippen LogP contribution is 2.16. The molecule has 0 bridgehead atoms. The highest BCUT2D eigenvalue weighted by Gasteiger charge is 2.05. The van der Waals surface area contributed by atoms with E-state index in [1.54, 1.807) is 24.3 Å². The van der Waals surface area contributed by atoms with Gasteiger partial charge in [-0.05, 0) is 31.9 Å². The molecular formula is C17H23N3O2. The van der Waals surface area contributed by atoms with E-state index in [0.29, 0.717) is 11.3 Å². The van der Waals surface area contributed by atoms with Crippen molar-refractivity contribution >= 4 is 11.6 Å². The fraction of sp³-hybridized carbons (Fsp3) is 0.471. The van der Waals surface area contributed by atoms with E-state index in [1.807, 2.05) is 13.0 Å². The molecule has 0 fully saturated rings. The minimum atomic E-state index is -0.333. The molecule has 22 heavy (non-hydrogen) atoms. The molecule has 0 unspecified atom stereocenters. The number of unbranched alkanes of at least 4 members (excludes halogenated alkanes) is 3. The Balaban J connectivity index is 2.33. The Morgan fingerprint density at radius 3 is 2.82 bits per heavy atom. The number of nitrogens with zero attached hydrogens (tertiary/aromatic N) is 2. The second-order valence-electron chi connectivity index (χ2n) is 5.09. The van der Waals surface area contributed by atoms with Crippen LogP contribution in [0.2, 0.25) is 0 Å². The number of carbonyl (C=O) groups excluding carboxylic acids is 1. The van der Waals surface area contributed by atoms with Gasteiger partial charge in [-0.1, -0.05) is 38.3 Å². The van der Waals surface area contributed by atoms with E-state index in [2.05, 4.69) is 17.5 Å². The number of rotatable bonds is 9. The number of nitrogens with one attached hydrogen (secondary N) is 1. The molecule has 1 rings (SSSR count). The molecule has 0 aliphatic rings. The standard InChI is InChI=1S/C17H23N3O2/c1-3-4-5-6-9-14(2)19-20-17(21)13-22-16-11-8-7-10-15(16)12-18/h7-8,10-11H,3-6,9,13H2,1-2H3,(H,20,21)/b19-14+. The number of ether oxygens (including phenoxy) is 1. The normalized spacial score (nSPS) is 10.9. The van der Waals surface area contributed by atoms with E-state index in [-0.39, 0.29) is 12.5 Å². The van der Waals surface area contributed by atoms with Crippen molar-refractivity contribution < 1.29 is 9.53 Å². The van der Waals surface area contributed by atoms with Gasteiger partial charge in [-0.15, -0.1) is 0 Å². The summed E-state index contributed by atoms with van der Waals surface area (Å²) in [5.41, 5.74) is 3.78. The molecule has 0 aromatic heterocycles. The van der Waals surface area contributed by atoms with Crippen molar-refractivity contribution in [3.8, 4) is 11.8 Å². The number of para-hydroxylation sites is 1. The first kappa shape index (κ1) is 17.7. The number of benzene rings is 1. The zero-order valence-electron chi connectivity index (χ0n) is 13.3. The molecular weight excluding hydrogens is 278 g/mol. The Hall–Kier alpha value is -2.35. The van der Waals surface area contributed by atoms with Crippen LogP contribution < -0.4 is 10.2 Å². The van der Waals surface area contributed by atoms with E-state index in [4.69, 9.17) is 10.00 Å². The topological polar surface area (TPSA) is 74.5 Å². The maximum atomic E-state index is 11.7. The molecule has 0 heterocycles. The lowest BCUT2D eigenvalue weighted by molar-refractivity contribution is -0.123. The first-order chi connectivity index (χ1) is 10.7. The van der Waals surface area contributed by atoms with Crippen molar-refractivity contribution in [1.29, 1.82) is 5.26 Å². The zero-order chi connectivity index (χ0) is 16.2. The molecule has 0 saturated carbocycles. The van der Waals surface area contributed by atoms with Gasteiger partial charge in [0.05, 0.1) is 5.56 Å². The van der Waals surface area contributed by atoms with Gasteiger partial charge >= 0.3 is 0 Å². The molecule has 5 heteroatoms. The van der Waals surface area contributed by atoms with Crippen molar-refractivity contribution in [3.05, 3.63) is 29.8 Å². The maximum Gasteiger partial charge on any atom is 0.277 e. The van der Waals surface area contributed by atoms with E-state index in [1.165, 1.54) is 19.3 Å². The molecule has 118 valence electrons. The summed E-state index contributed by atoms with van der Waals surface area (Å²) in [6, 6.07) is 8.83. The molecule has 1 amide bonds. The molecule has 1 N–H and O–H groups in total. The lowest BCUT2D eigenvalue weighted by atomic mass is 10.1. The summed E-state index contributed by atoms with van der Waals surface area (Å²) < 4.78 is 5.33. The fourth-order valence-electron chi connectivity index (χ4n) is 1.88. The number of carbonyl (C=O) groups is 1. The Bertz CT molecular complexity index is 547. The van der Waals surface area contributed by atoms with Crippen molar-refractivity contribution in [3.63, 3.8) is 0 Å². The van der Waals surface area contributed by atoms with Crippen LogP contribution in [0.3, 0.4) is 0 Å². The van der Waals surface area contributed by atoms with Gasteiger partial charge in [0.25, 0.3) is 5.91 Å². The van der Waals surface area contributed by atoms with Crippen molar-refractivity contribution in [1.82, 2.24) is 5.43 Å². The monoisotopic (exact) mass is 301 g/mol. The van der Waals surface area contributed by atoms with Gasteiger partial charge in [-0.2, -0.15) is 10.4 Å². The van der Waals surface area contributed by atoms with E-state index >= 15 is 0 Å². The maximum absolute atomic E-state index is 11.7. The Morgan fingerprint density at radius 2 is 2.09 bits per heavy atom. The third-order valence-corrected chi connectivity index (χ3v) is 3.13. The molecule has 0 aliphatic heterocycles. The smallest absolute Gasteiger partial charge is 0.277 e. The molecule has 1 aromatic rings. The number of hydrogen-bond acceptors (Lipinski definition) is 4. The van der Waals surface area contributed by atoms with Crippen LogP contribution in [-0.2, 0) is 4.79 Å². The molecule has 0 aliphatic carbocycles. The van der Waals surface area contributed by atoms with Crippen LogP contribution in [0.4, 0.5) is 0 Å². The third-order valence-electron chi connectivity index (χ3n) is 3.13. The lowest BCUT2D eigenvalue weighted by Crippen LogP contribution is -2.25. The molecule has 0 spiro atoms. The van der Waals surface area contributed by atoms with Crippen LogP contribution in [0.1, 0.15) is 51.5 Å². The summed E-state index contributed by atoms with van der Waals surface area (Å²) in [6.07, 6.45) is 5.59. The van der Waals surface area contributed by atoms with Crippen LogP contribution >= 0.6 is 0 Å². The van der Waals surface area contributed by atoms with Crippen LogP contribution in [-0.4, -0.2) is 18.2 Å². The molecule has 5 nitrogen and oxygen atoms in total. The van der Waals surface area contributed by atoms with Gasteiger partial charge in [0, 0.05) is 5.71 Å². The van der Waals surface area contributed by atoms with Gasteiger partial charge in [-0.3, -0.25) is 4.79 Å². The third kappa shape index (κ3) is 6.89. The average molecular weight is 301 g/mol. The first-order valence-corrected chi connectivity index (χ1v) is 7.61. The van der Waals surface area contributed by atoms with Gasteiger partial charge in [0.2, 0.25) is 0 Å². The van der Waals surface area contributed by atoms with E-state index < -0.39 is 0 Å². The first-order valence-electron chi connectivity index (χ1n) is 7.61. The predicted octanol–water partition coefficient (Wildman–Crippen LogP) is 3.40. The zero-order valence-corrected chi connectivity index (χ0v) is 13.3. The second kappa shape index (κ2) is 10.4. The summed E-state index contributed by atoms with van der Waals surface area (Å²) in [6.45, 7) is 3.91. The van der Waals surface area contributed by atoms with Gasteiger partial charge in [0.1, 0.15) is 11.8 Å². The van der Waals surface area contributed by atoms with Gasteiger partial charge in [0.15, 0.2) is 6.61 Å².